The number of aromatic nitrogens is 3. The van der Waals surface area contributed by atoms with E-state index in [0.717, 1.165) is 28.0 Å². The van der Waals surface area contributed by atoms with Crippen LogP contribution in [-0.4, -0.2) is 19.7 Å². The Morgan fingerprint density at radius 1 is 1.24 bits per heavy atom. The number of rotatable bonds is 1. The second-order valence-corrected chi connectivity index (χ2v) is 4.94. The van der Waals surface area contributed by atoms with Gasteiger partial charge in [0.25, 0.3) is 0 Å². The van der Waals surface area contributed by atoms with Crippen LogP contribution < -0.4 is 0 Å². The highest BCUT2D eigenvalue weighted by atomic mass is 16.3. The van der Waals surface area contributed by atoms with Crippen LogP contribution >= 0.6 is 0 Å². The number of aryl methyl sites for hydroxylation is 1. The van der Waals surface area contributed by atoms with E-state index in [-0.39, 0.29) is 0 Å². The number of benzene rings is 1. The van der Waals surface area contributed by atoms with Crippen LogP contribution in [0.5, 0.6) is 0 Å². The fourth-order valence-corrected chi connectivity index (χ4v) is 2.08. The fourth-order valence-electron chi connectivity index (χ4n) is 2.08. The van der Waals surface area contributed by atoms with Gasteiger partial charge in [0.05, 0.1) is 12.3 Å². The molecular weight excluding hydrogens is 262 g/mol. The van der Waals surface area contributed by atoms with Gasteiger partial charge < -0.3 is 5.11 Å². The summed E-state index contributed by atoms with van der Waals surface area (Å²) in [6.07, 6.45) is 2.92. The van der Waals surface area contributed by atoms with Crippen LogP contribution in [0.3, 0.4) is 0 Å². The molecule has 0 saturated carbocycles. The lowest BCUT2D eigenvalue weighted by Crippen LogP contribution is -1.94. The zero-order valence-electron chi connectivity index (χ0n) is 11.9. The van der Waals surface area contributed by atoms with E-state index in [1.54, 1.807) is 23.8 Å². The minimum Gasteiger partial charge on any atom is -0.389 e. The first-order valence-electron chi connectivity index (χ1n) is 6.74. The first-order valence-corrected chi connectivity index (χ1v) is 6.74. The summed E-state index contributed by atoms with van der Waals surface area (Å²) in [5.74, 6) is 6.24. The standard InChI is InChI=1S/C17H15N3O/c1-12-5-6-15(13(2)21)10-14(12)7-8-16-11-18-17-4-3-9-19-20(16)17/h3-6,9-11,13,21H,1-2H3. The first kappa shape index (κ1) is 13.3. The molecule has 0 saturated heterocycles. The highest BCUT2D eigenvalue weighted by molar-refractivity contribution is 5.49. The topological polar surface area (TPSA) is 50.4 Å². The monoisotopic (exact) mass is 277 g/mol. The van der Waals surface area contributed by atoms with Gasteiger partial charge in [0.1, 0.15) is 5.69 Å². The van der Waals surface area contributed by atoms with E-state index >= 15 is 0 Å². The lowest BCUT2D eigenvalue weighted by molar-refractivity contribution is 0.199. The molecule has 1 N–H and O–H groups in total. The number of nitrogens with zero attached hydrogens (tertiary/aromatic N) is 3. The zero-order chi connectivity index (χ0) is 14.8. The van der Waals surface area contributed by atoms with Crippen LogP contribution in [0.1, 0.15) is 35.4 Å². The van der Waals surface area contributed by atoms with Gasteiger partial charge in [0.15, 0.2) is 5.65 Å². The molecule has 0 aliphatic heterocycles. The molecule has 3 aromatic rings. The summed E-state index contributed by atoms with van der Waals surface area (Å²) in [5, 5.41) is 13.9. The maximum absolute atomic E-state index is 9.66. The third kappa shape index (κ3) is 2.64. The summed E-state index contributed by atoms with van der Waals surface area (Å²) < 4.78 is 1.71. The molecule has 1 unspecified atom stereocenters. The van der Waals surface area contributed by atoms with Crippen molar-refractivity contribution in [2.45, 2.75) is 20.0 Å². The molecule has 2 heterocycles. The van der Waals surface area contributed by atoms with Crippen LogP contribution in [0.2, 0.25) is 0 Å². The van der Waals surface area contributed by atoms with Gasteiger partial charge >= 0.3 is 0 Å². The first-order chi connectivity index (χ1) is 10.1. The van der Waals surface area contributed by atoms with Gasteiger partial charge in [-0.25, -0.2) is 9.50 Å². The van der Waals surface area contributed by atoms with Crippen molar-refractivity contribution in [3.63, 3.8) is 0 Å². The van der Waals surface area contributed by atoms with Crippen molar-refractivity contribution in [3.8, 4) is 11.8 Å². The van der Waals surface area contributed by atoms with E-state index in [1.165, 1.54) is 0 Å². The maximum Gasteiger partial charge on any atom is 0.154 e. The summed E-state index contributed by atoms with van der Waals surface area (Å²) in [5.41, 5.74) is 4.36. The number of hydrogen-bond donors (Lipinski definition) is 1. The Kier molecular flexibility index (Phi) is 3.43. The van der Waals surface area contributed by atoms with E-state index in [9.17, 15) is 5.11 Å². The second-order valence-electron chi connectivity index (χ2n) is 4.94. The quantitative estimate of drug-likeness (QED) is 0.695. The number of hydrogen-bond acceptors (Lipinski definition) is 3. The molecule has 0 fully saturated rings. The van der Waals surface area contributed by atoms with Crippen molar-refractivity contribution in [1.82, 2.24) is 14.6 Å². The highest BCUT2D eigenvalue weighted by Crippen LogP contribution is 2.16. The molecule has 2 aromatic heterocycles. The third-order valence-electron chi connectivity index (χ3n) is 3.35. The predicted octanol–water partition coefficient (Wildman–Crippen LogP) is 2.49. The molecule has 1 atom stereocenters. The van der Waals surface area contributed by atoms with E-state index in [1.807, 2.05) is 37.3 Å². The van der Waals surface area contributed by atoms with Crippen LogP contribution in [0, 0.1) is 18.8 Å². The minimum atomic E-state index is -0.497. The number of imidazole rings is 1. The summed E-state index contributed by atoms with van der Waals surface area (Å²) in [6, 6.07) is 9.54. The van der Waals surface area contributed by atoms with Gasteiger partial charge in [-0.3, -0.25) is 0 Å². The molecule has 104 valence electrons. The smallest absolute Gasteiger partial charge is 0.154 e. The SMILES string of the molecule is Cc1ccc(C(C)O)cc1C#Cc1cnc2cccnn12. The summed E-state index contributed by atoms with van der Waals surface area (Å²) in [7, 11) is 0. The Balaban J connectivity index is 2.03. The Hall–Kier alpha value is -2.64. The van der Waals surface area contributed by atoms with Crippen molar-refractivity contribution in [1.29, 1.82) is 0 Å². The summed E-state index contributed by atoms with van der Waals surface area (Å²) >= 11 is 0. The van der Waals surface area contributed by atoms with E-state index in [0.29, 0.717) is 0 Å². The minimum absolute atomic E-state index is 0.497. The molecule has 0 aliphatic carbocycles. The maximum atomic E-state index is 9.66. The van der Waals surface area contributed by atoms with Gasteiger partial charge in [0, 0.05) is 11.8 Å². The average Bonchev–Trinajstić information content (AvgIpc) is 2.89. The van der Waals surface area contributed by atoms with E-state index in [2.05, 4.69) is 21.9 Å². The van der Waals surface area contributed by atoms with Gasteiger partial charge in [0.2, 0.25) is 0 Å². The third-order valence-corrected chi connectivity index (χ3v) is 3.35. The molecule has 4 heteroatoms. The van der Waals surface area contributed by atoms with Crippen molar-refractivity contribution in [2.24, 2.45) is 0 Å². The number of aliphatic hydroxyl groups is 1. The predicted molar refractivity (Wildman–Crippen MR) is 80.8 cm³/mol. The molecule has 0 spiro atoms. The summed E-state index contributed by atoms with van der Waals surface area (Å²) in [4.78, 5) is 4.26. The van der Waals surface area contributed by atoms with Crippen molar-refractivity contribution < 1.29 is 5.11 Å². The largest absolute Gasteiger partial charge is 0.389 e. The zero-order valence-corrected chi connectivity index (χ0v) is 11.9. The lowest BCUT2D eigenvalue weighted by Gasteiger charge is -2.06. The average molecular weight is 277 g/mol. The van der Waals surface area contributed by atoms with Crippen LogP contribution in [-0.2, 0) is 0 Å². The highest BCUT2D eigenvalue weighted by Gasteiger charge is 2.04. The van der Waals surface area contributed by atoms with Gasteiger partial charge in [-0.2, -0.15) is 5.10 Å². The van der Waals surface area contributed by atoms with Crippen LogP contribution in [0.15, 0.2) is 42.7 Å². The van der Waals surface area contributed by atoms with Gasteiger partial charge in [-0.1, -0.05) is 18.1 Å². The number of fused-ring (bicyclic) bond motifs is 1. The Bertz CT molecular complexity index is 853. The van der Waals surface area contributed by atoms with E-state index in [4.69, 9.17) is 0 Å². The van der Waals surface area contributed by atoms with Crippen molar-refractivity contribution >= 4 is 5.65 Å². The molecular formula is C17H15N3O. The van der Waals surface area contributed by atoms with Crippen LogP contribution in [0.4, 0.5) is 0 Å². The molecule has 0 amide bonds. The molecule has 1 aromatic carbocycles. The molecule has 4 nitrogen and oxygen atoms in total. The molecule has 0 radical (unpaired) electrons. The van der Waals surface area contributed by atoms with Gasteiger partial charge in [-0.05, 0) is 49.1 Å². The van der Waals surface area contributed by atoms with Gasteiger partial charge in [-0.15, -0.1) is 0 Å². The fraction of sp³-hybridized carbons (Fsp3) is 0.176. The second kappa shape index (κ2) is 5.39. The molecule has 3 rings (SSSR count). The Labute approximate surface area is 123 Å². The molecule has 0 aliphatic rings. The van der Waals surface area contributed by atoms with Crippen molar-refractivity contribution in [2.75, 3.05) is 0 Å². The van der Waals surface area contributed by atoms with Crippen molar-refractivity contribution in [3.05, 3.63) is 65.1 Å². The lowest BCUT2D eigenvalue weighted by atomic mass is 10.0. The molecule has 21 heavy (non-hydrogen) atoms. The van der Waals surface area contributed by atoms with E-state index < -0.39 is 6.10 Å². The number of aliphatic hydroxyl groups excluding tert-OH is 1. The normalized spacial score (nSPS) is 12.0. The summed E-state index contributed by atoms with van der Waals surface area (Å²) in [6.45, 7) is 3.75. The molecule has 0 bridgehead atoms. The van der Waals surface area contributed by atoms with Crippen LogP contribution in [0.25, 0.3) is 5.65 Å². The Morgan fingerprint density at radius 2 is 2.10 bits per heavy atom. The Morgan fingerprint density at radius 3 is 2.90 bits per heavy atom.